The van der Waals surface area contributed by atoms with Gasteiger partial charge in [-0.05, 0) is 78.9 Å². The average Bonchev–Trinajstić information content (AvgIpc) is 3.52. The van der Waals surface area contributed by atoms with E-state index in [1.165, 1.54) is 6.07 Å². The second-order valence-electron chi connectivity index (χ2n) is 8.86. The molecule has 0 atom stereocenters. The van der Waals surface area contributed by atoms with Crippen LogP contribution < -0.4 is 10.0 Å². The van der Waals surface area contributed by atoms with E-state index in [0.717, 1.165) is 58.5 Å². The van der Waals surface area contributed by atoms with Crippen LogP contribution in [0.1, 0.15) is 37.0 Å². The Balaban J connectivity index is 1.46. The van der Waals surface area contributed by atoms with Crippen molar-refractivity contribution >= 4 is 38.7 Å². The number of pyridine rings is 1. The summed E-state index contributed by atoms with van der Waals surface area (Å²) in [5.41, 5.74) is 4.53. The van der Waals surface area contributed by atoms with Gasteiger partial charge in [0.2, 0.25) is 0 Å². The Kier molecular flexibility index (Phi) is 5.46. The molecule has 176 valence electrons. The first-order valence-corrected chi connectivity index (χ1v) is 13.2. The monoisotopic (exact) mass is 496 g/mol. The number of fused-ring (bicyclic) bond motifs is 2. The molecule has 8 nitrogen and oxygen atoms in total. The number of amides is 2. The first-order valence-electron chi connectivity index (χ1n) is 10.8. The van der Waals surface area contributed by atoms with Gasteiger partial charge in [-0.15, -0.1) is 11.3 Å². The van der Waals surface area contributed by atoms with Gasteiger partial charge in [0, 0.05) is 24.2 Å². The van der Waals surface area contributed by atoms with Crippen LogP contribution in [0.5, 0.6) is 0 Å². The molecule has 0 unspecified atom stereocenters. The summed E-state index contributed by atoms with van der Waals surface area (Å²) in [7, 11) is -4.10. The highest BCUT2D eigenvalue weighted by Gasteiger charge is 2.26. The largest absolute Gasteiger partial charge is 0.386 e. The number of aryl methyl sites for hydroxylation is 1. The minimum Gasteiger partial charge on any atom is -0.386 e. The molecular formula is C24H24N4O4S2. The molecule has 0 saturated heterocycles. The number of sulfonamides is 1. The molecule has 3 N–H and O–H groups in total. The number of urea groups is 1. The van der Waals surface area contributed by atoms with Crippen LogP contribution in [-0.2, 0) is 28.5 Å². The van der Waals surface area contributed by atoms with Gasteiger partial charge in [0.1, 0.15) is 9.86 Å². The van der Waals surface area contributed by atoms with Crippen molar-refractivity contribution in [2.75, 3.05) is 5.32 Å². The molecule has 5 rings (SSSR count). The third kappa shape index (κ3) is 4.20. The Morgan fingerprint density at radius 1 is 1.18 bits per heavy atom. The number of imidazole rings is 1. The number of rotatable bonds is 5. The number of carbonyl (C=O) groups excluding carboxylic acids is 1. The first-order chi connectivity index (χ1) is 16.1. The zero-order valence-corrected chi connectivity index (χ0v) is 20.3. The Hall–Kier alpha value is -3.21. The van der Waals surface area contributed by atoms with E-state index in [-0.39, 0.29) is 4.21 Å². The topological polar surface area (TPSA) is 113 Å². The van der Waals surface area contributed by atoms with Gasteiger partial charge in [-0.1, -0.05) is 12.1 Å². The lowest BCUT2D eigenvalue weighted by atomic mass is 9.98. The number of hydrogen-bond acceptors (Lipinski definition) is 6. The van der Waals surface area contributed by atoms with E-state index in [9.17, 15) is 18.3 Å². The third-order valence-electron chi connectivity index (χ3n) is 6.00. The molecule has 1 aliphatic carbocycles. The molecule has 1 aliphatic rings. The van der Waals surface area contributed by atoms with Crippen LogP contribution in [0.3, 0.4) is 0 Å². The summed E-state index contributed by atoms with van der Waals surface area (Å²) in [4.78, 5) is 17.2. The summed E-state index contributed by atoms with van der Waals surface area (Å²) in [5, 5.41) is 14.5. The fourth-order valence-corrected chi connectivity index (χ4v) is 6.47. The number of hydrogen-bond donors (Lipinski definition) is 3. The predicted molar refractivity (Wildman–Crippen MR) is 132 cm³/mol. The van der Waals surface area contributed by atoms with Gasteiger partial charge < -0.3 is 14.8 Å². The molecule has 0 spiro atoms. The zero-order valence-electron chi connectivity index (χ0n) is 18.7. The fraction of sp³-hybridized carbons (Fsp3) is 0.250. The number of nitrogens with one attached hydrogen (secondary N) is 2. The average molecular weight is 497 g/mol. The Labute approximate surface area is 201 Å². The summed E-state index contributed by atoms with van der Waals surface area (Å²) in [6.07, 6.45) is 8.16. The third-order valence-corrected chi connectivity index (χ3v) is 8.77. The number of thiophene rings is 1. The van der Waals surface area contributed by atoms with Gasteiger partial charge in [0.15, 0.2) is 0 Å². The quantitative estimate of drug-likeness (QED) is 0.382. The minimum atomic E-state index is -4.10. The summed E-state index contributed by atoms with van der Waals surface area (Å²) in [5.74, 6) is 0. The van der Waals surface area contributed by atoms with Crippen molar-refractivity contribution < 1.29 is 18.3 Å². The normalized spacial score (nSPS) is 13.7. The van der Waals surface area contributed by atoms with E-state index in [1.54, 1.807) is 25.4 Å². The first kappa shape index (κ1) is 22.6. The van der Waals surface area contributed by atoms with Crippen LogP contribution in [0.15, 0.2) is 58.5 Å². The van der Waals surface area contributed by atoms with Gasteiger partial charge >= 0.3 is 6.03 Å². The Bertz CT molecular complexity index is 1510. The maximum atomic E-state index is 12.9. The molecule has 10 heteroatoms. The smallest absolute Gasteiger partial charge is 0.333 e. The number of anilines is 1. The summed E-state index contributed by atoms with van der Waals surface area (Å²) in [6.45, 7) is 3.15. The lowest BCUT2D eigenvalue weighted by Crippen LogP contribution is -2.34. The fourth-order valence-electron chi connectivity index (χ4n) is 4.22. The number of aromatic nitrogens is 2. The number of benzene rings is 1. The van der Waals surface area contributed by atoms with Crippen molar-refractivity contribution in [2.24, 2.45) is 0 Å². The van der Waals surface area contributed by atoms with Gasteiger partial charge in [0.25, 0.3) is 10.0 Å². The van der Waals surface area contributed by atoms with Crippen LogP contribution >= 0.6 is 11.3 Å². The Morgan fingerprint density at radius 3 is 2.76 bits per heavy atom. The maximum Gasteiger partial charge on any atom is 0.333 e. The number of nitrogens with zero attached hydrogens (tertiary/aromatic N) is 2. The molecule has 3 heterocycles. The second-order valence-corrected chi connectivity index (χ2v) is 11.7. The van der Waals surface area contributed by atoms with E-state index in [2.05, 4.69) is 21.1 Å². The van der Waals surface area contributed by atoms with E-state index in [0.29, 0.717) is 11.3 Å². The van der Waals surface area contributed by atoms with E-state index in [4.69, 9.17) is 0 Å². The lowest BCUT2D eigenvalue weighted by molar-refractivity contribution is 0.0789. The van der Waals surface area contributed by atoms with Crippen LogP contribution in [0, 0.1) is 0 Å². The minimum absolute atomic E-state index is 0.0388. The molecule has 0 saturated carbocycles. The van der Waals surface area contributed by atoms with Crippen LogP contribution in [0.2, 0.25) is 0 Å². The molecule has 0 bridgehead atoms. The standard InChI is InChI=1S/C24H24N4O4S2/c1-24(2,30)17-13-21(33-14-17)34(31,32)27-23(29)26-22-18-5-3-4-15(18)6-7-19(22)16-8-10-28-11-9-25-20(28)12-16/h6-14,30H,3-5H2,1-2H3,(H2,26,27,29). The summed E-state index contributed by atoms with van der Waals surface area (Å²) >= 11 is 0.954. The van der Waals surface area contributed by atoms with Crippen LogP contribution in [0.25, 0.3) is 16.8 Å². The van der Waals surface area contributed by atoms with Crippen LogP contribution in [0.4, 0.5) is 10.5 Å². The van der Waals surface area contributed by atoms with Crippen molar-refractivity contribution in [3.8, 4) is 11.1 Å². The van der Waals surface area contributed by atoms with Crippen molar-refractivity contribution in [1.29, 1.82) is 0 Å². The maximum absolute atomic E-state index is 12.9. The van der Waals surface area contributed by atoms with E-state index in [1.807, 2.05) is 35.0 Å². The SMILES string of the molecule is CC(C)(O)c1csc(S(=O)(=O)NC(=O)Nc2c(-c3ccn4ccnc4c3)ccc3c2CCC3)c1. The predicted octanol–water partition coefficient (Wildman–Crippen LogP) is 4.29. The molecule has 0 aliphatic heterocycles. The van der Waals surface area contributed by atoms with Crippen molar-refractivity contribution in [2.45, 2.75) is 42.9 Å². The van der Waals surface area contributed by atoms with Gasteiger partial charge in [-0.25, -0.2) is 22.9 Å². The molecule has 34 heavy (non-hydrogen) atoms. The second kappa shape index (κ2) is 8.23. The van der Waals surface area contributed by atoms with E-state index < -0.39 is 21.7 Å². The molecular weight excluding hydrogens is 472 g/mol. The van der Waals surface area contributed by atoms with Crippen molar-refractivity contribution in [1.82, 2.24) is 14.1 Å². The molecule has 0 fully saturated rings. The van der Waals surface area contributed by atoms with Gasteiger partial charge in [0.05, 0.1) is 11.3 Å². The van der Waals surface area contributed by atoms with Crippen LogP contribution in [-0.4, -0.2) is 28.9 Å². The lowest BCUT2D eigenvalue weighted by Gasteiger charge is -2.17. The number of aliphatic hydroxyl groups is 1. The summed E-state index contributed by atoms with van der Waals surface area (Å²) < 4.78 is 29.6. The van der Waals surface area contributed by atoms with Gasteiger partial charge in [-0.3, -0.25) is 0 Å². The molecule has 1 aromatic carbocycles. The van der Waals surface area contributed by atoms with Gasteiger partial charge in [-0.2, -0.15) is 0 Å². The molecule has 3 aromatic heterocycles. The van der Waals surface area contributed by atoms with E-state index >= 15 is 0 Å². The summed E-state index contributed by atoms with van der Waals surface area (Å²) in [6, 6.07) is 8.44. The Morgan fingerprint density at radius 2 is 2.00 bits per heavy atom. The highest BCUT2D eigenvalue weighted by atomic mass is 32.2. The van der Waals surface area contributed by atoms with Crippen molar-refractivity contribution in [3.05, 3.63) is 71.0 Å². The molecule has 0 radical (unpaired) electrons. The van der Waals surface area contributed by atoms with Crippen molar-refractivity contribution in [3.63, 3.8) is 0 Å². The highest BCUT2D eigenvalue weighted by molar-refractivity contribution is 7.92. The highest BCUT2D eigenvalue weighted by Crippen LogP contribution is 2.38. The zero-order chi connectivity index (χ0) is 24.1. The number of carbonyl (C=O) groups is 1. The molecule has 2 amide bonds. The molecule has 4 aromatic rings.